The van der Waals surface area contributed by atoms with Gasteiger partial charge in [-0.15, -0.1) is 0 Å². The van der Waals surface area contributed by atoms with E-state index >= 15 is 0 Å². The van der Waals surface area contributed by atoms with Crippen LogP contribution in [0.5, 0.6) is 0 Å². The van der Waals surface area contributed by atoms with Gasteiger partial charge in [-0.2, -0.15) is 0 Å². The van der Waals surface area contributed by atoms with Gasteiger partial charge in [0, 0.05) is 17.8 Å². The average molecular weight is 336 g/mol. The molecule has 2 amide bonds. The zero-order chi connectivity index (χ0) is 17.8. The minimum atomic E-state index is -0.908. The van der Waals surface area contributed by atoms with Crippen LogP contribution in [0.4, 0.5) is 5.69 Å². The van der Waals surface area contributed by atoms with Crippen LogP contribution in [0.25, 0.3) is 11.1 Å². The zero-order valence-electron chi connectivity index (χ0n) is 13.8. The number of nitrogens with one attached hydrogen (secondary N) is 1. The van der Waals surface area contributed by atoms with Gasteiger partial charge in [0.15, 0.2) is 0 Å². The number of aliphatic hydroxyl groups excluding tert-OH is 1. The predicted octanol–water partition coefficient (Wildman–Crippen LogP) is 2.44. The first-order valence-electron chi connectivity index (χ1n) is 8.18. The van der Waals surface area contributed by atoms with Crippen molar-refractivity contribution < 1.29 is 14.7 Å². The highest BCUT2D eigenvalue weighted by Crippen LogP contribution is 2.28. The maximum absolute atomic E-state index is 12.7. The summed E-state index contributed by atoms with van der Waals surface area (Å²) >= 11 is 0. The molecule has 2 aromatic carbocycles. The molecule has 0 radical (unpaired) electrons. The Morgan fingerprint density at radius 1 is 1.12 bits per heavy atom. The lowest BCUT2D eigenvalue weighted by Gasteiger charge is -2.24. The first kappa shape index (κ1) is 16.9. The number of likely N-dealkylation sites (tertiary alicyclic amines) is 1. The number of benzene rings is 2. The zero-order valence-corrected chi connectivity index (χ0v) is 13.8. The molecule has 0 aromatic heterocycles. The van der Waals surface area contributed by atoms with E-state index in [4.69, 9.17) is 0 Å². The van der Waals surface area contributed by atoms with Gasteiger partial charge in [0.25, 0.3) is 0 Å². The summed E-state index contributed by atoms with van der Waals surface area (Å²) in [5.74, 6) is -0.753. The summed E-state index contributed by atoms with van der Waals surface area (Å²) in [5.41, 5.74) is 2.50. The first-order chi connectivity index (χ1) is 12.1. The van der Waals surface area contributed by atoms with Crippen molar-refractivity contribution in [3.63, 3.8) is 0 Å². The Balaban J connectivity index is 1.86. The number of nitrogens with zero attached hydrogens (tertiary/aromatic N) is 1. The molecule has 1 saturated heterocycles. The van der Waals surface area contributed by atoms with Gasteiger partial charge < -0.3 is 15.3 Å². The molecule has 0 bridgehead atoms. The molecule has 2 N–H and O–H groups in total. The number of hydrogen-bond acceptors (Lipinski definition) is 3. The fourth-order valence-corrected chi connectivity index (χ4v) is 3.13. The number of anilines is 1. The molecule has 25 heavy (non-hydrogen) atoms. The topological polar surface area (TPSA) is 69.6 Å². The summed E-state index contributed by atoms with van der Waals surface area (Å²) in [6.07, 6.45) is 0.654. The minimum absolute atomic E-state index is 0.338. The largest absolute Gasteiger partial charge is 0.390 e. The molecule has 2 atom stereocenters. The van der Waals surface area contributed by atoms with Crippen molar-refractivity contribution in [3.8, 4) is 11.1 Å². The summed E-state index contributed by atoms with van der Waals surface area (Å²) in [6.45, 7) is 3.79. The van der Waals surface area contributed by atoms with E-state index in [1.165, 1.54) is 4.90 Å². The van der Waals surface area contributed by atoms with Gasteiger partial charge in [-0.3, -0.25) is 9.59 Å². The molecule has 128 valence electrons. The maximum Gasteiger partial charge on any atom is 0.249 e. The summed E-state index contributed by atoms with van der Waals surface area (Å²) < 4.78 is 0. The number of rotatable bonds is 4. The van der Waals surface area contributed by atoms with Crippen molar-refractivity contribution >= 4 is 17.5 Å². The van der Waals surface area contributed by atoms with E-state index in [2.05, 4.69) is 11.9 Å². The molecule has 0 spiro atoms. The van der Waals surface area contributed by atoms with E-state index in [1.807, 2.05) is 48.5 Å². The van der Waals surface area contributed by atoms with E-state index in [9.17, 15) is 14.7 Å². The van der Waals surface area contributed by atoms with E-state index < -0.39 is 18.1 Å². The Bertz CT molecular complexity index is 789. The van der Waals surface area contributed by atoms with Gasteiger partial charge in [0.2, 0.25) is 11.8 Å². The van der Waals surface area contributed by atoms with Crippen molar-refractivity contribution in [3.05, 3.63) is 67.3 Å². The van der Waals surface area contributed by atoms with Crippen molar-refractivity contribution in [2.45, 2.75) is 18.6 Å². The van der Waals surface area contributed by atoms with Gasteiger partial charge in [-0.1, -0.05) is 55.1 Å². The molecular weight excluding hydrogens is 316 g/mol. The Morgan fingerprint density at radius 3 is 2.52 bits per heavy atom. The van der Waals surface area contributed by atoms with Gasteiger partial charge >= 0.3 is 0 Å². The molecular formula is C20H20N2O3. The Kier molecular flexibility index (Phi) is 4.95. The van der Waals surface area contributed by atoms with Crippen LogP contribution in [0.15, 0.2) is 67.3 Å². The lowest BCUT2D eigenvalue weighted by atomic mass is 10.0. The number of aliphatic hydroxyl groups is 1. The molecule has 1 fully saturated rings. The second-order valence-corrected chi connectivity index (χ2v) is 5.94. The maximum atomic E-state index is 12.7. The average Bonchev–Trinajstić information content (AvgIpc) is 3.04. The molecule has 1 aliphatic heterocycles. The van der Waals surface area contributed by atoms with Gasteiger partial charge in [-0.05, 0) is 24.1 Å². The second-order valence-electron chi connectivity index (χ2n) is 5.94. The molecule has 5 nitrogen and oxygen atoms in total. The first-order valence-corrected chi connectivity index (χ1v) is 8.18. The summed E-state index contributed by atoms with van der Waals surface area (Å²) in [5, 5.41) is 13.0. The third-order valence-corrected chi connectivity index (χ3v) is 4.36. The smallest absolute Gasteiger partial charge is 0.249 e. The monoisotopic (exact) mass is 336 g/mol. The molecule has 1 heterocycles. The fourth-order valence-electron chi connectivity index (χ4n) is 3.13. The van der Waals surface area contributed by atoms with E-state index in [0.717, 1.165) is 17.2 Å². The minimum Gasteiger partial charge on any atom is -0.390 e. The molecule has 0 unspecified atom stereocenters. The van der Waals surface area contributed by atoms with Crippen molar-refractivity contribution in [2.24, 2.45) is 0 Å². The number of amides is 2. The highest BCUT2D eigenvalue weighted by molar-refractivity contribution is 6.02. The second kappa shape index (κ2) is 7.32. The van der Waals surface area contributed by atoms with Gasteiger partial charge in [0.05, 0.1) is 6.10 Å². The highest BCUT2D eigenvalue weighted by Gasteiger charge is 2.40. The quantitative estimate of drug-likeness (QED) is 0.843. The molecule has 0 aliphatic carbocycles. The molecule has 1 aliphatic rings. The van der Waals surface area contributed by atoms with Crippen molar-refractivity contribution in [1.29, 1.82) is 0 Å². The molecule has 5 heteroatoms. The van der Waals surface area contributed by atoms with Crippen LogP contribution in [-0.2, 0) is 9.59 Å². The Morgan fingerprint density at radius 2 is 1.80 bits per heavy atom. The summed E-state index contributed by atoms with van der Waals surface area (Å²) in [4.78, 5) is 26.0. The van der Waals surface area contributed by atoms with Crippen LogP contribution < -0.4 is 5.32 Å². The third-order valence-electron chi connectivity index (χ3n) is 4.36. The Hall–Kier alpha value is -2.92. The normalized spacial score (nSPS) is 19.5. The van der Waals surface area contributed by atoms with Crippen LogP contribution in [0.1, 0.15) is 6.42 Å². The molecule has 3 rings (SSSR count). The SMILES string of the molecule is C=CC(=O)N1CC[C@@H](O)[C@H]1C(=O)Nc1ccccc1-c1ccccc1. The van der Waals surface area contributed by atoms with Crippen LogP contribution in [-0.4, -0.2) is 40.5 Å². The lowest BCUT2D eigenvalue weighted by Crippen LogP contribution is -2.47. The summed E-state index contributed by atoms with van der Waals surface area (Å²) in [6, 6.07) is 16.3. The van der Waals surface area contributed by atoms with E-state index in [1.54, 1.807) is 6.07 Å². The van der Waals surface area contributed by atoms with Crippen LogP contribution in [0, 0.1) is 0 Å². The van der Waals surface area contributed by atoms with Crippen LogP contribution in [0.3, 0.4) is 0 Å². The van der Waals surface area contributed by atoms with Gasteiger partial charge in [0.1, 0.15) is 6.04 Å². The van der Waals surface area contributed by atoms with Crippen LogP contribution >= 0.6 is 0 Å². The Labute approximate surface area is 146 Å². The van der Waals surface area contributed by atoms with Crippen molar-refractivity contribution in [1.82, 2.24) is 4.90 Å². The predicted molar refractivity (Wildman–Crippen MR) is 96.8 cm³/mol. The number of para-hydroxylation sites is 1. The molecule has 0 saturated carbocycles. The van der Waals surface area contributed by atoms with Crippen molar-refractivity contribution in [2.75, 3.05) is 11.9 Å². The summed E-state index contributed by atoms with van der Waals surface area (Å²) in [7, 11) is 0. The highest BCUT2D eigenvalue weighted by atomic mass is 16.3. The van der Waals surface area contributed by atoms with E-state index in [-0.39, 0.29) is 5.91 Å². The molecule has 2 aromatic rings. The van der Waals surface area contributed by atoms with Crippen LogP contribution in [0.2, 0.25) is 0 Å². The van der Waals surface area contributed by atoms with E-state index in [0.29, 0.717) is 18.7 Å². The number of carbonyl (C=O) groups is 2. The van der Waals surface area contributed by atoms with Gasteiger partial charge in [-0.25, -0.2) is 0 Å². The third kappa shape index (κ3) is 3.46. The number of hydrogen-bond donors (Lipinski definition) is 2. The lowest BCUT2D eigenvalue weighted by molar-refractivity contribution is -0.134. The standard InChI is InChI=1S/C20H20N2O3/c1-2-18(24)22-13-12-17(23)19(22)20(25)21-16-11-7-6-10-15(16)14-8-4-3-5-9-14/h2-11,17,19,23H,1,12-13H2,(H,21,25)/t17-,19+/m1/s1. The number of carbonyl (C=O) groups excluding carboxylic acids is 2. The fraction of sp³-hybridized carbons (Fsp3) is 0.200.